The molecule has 2 aromatic rings. The molecule has 0 bridgehead atoms. The van der Waals surface area contributed by atoms with Crippen LogP contribution in [0, 0.1) is 0 Å². The van der Waals surface area contributed by atoms with Crippen molar-refractivity contribution in [2.45, 2.75) is 38.3 Å². The molecule has 0 aliphatic heterocycles. The number of halogens is 3. The van der Waals surface area contributed by atoms with Crippen LogP contribution in [0.5, 0.6) is 5.75 Å². The van der Waals surface area contributed by atoms with Gasteiger partial charge in [-0.2, -0.15) is 13.2 Å². The van der Waals surface area contributed by atoms with Crippen molar-refractivity contribution in [3.05, 3.63) is 64.7 Å². The Balaban J connectivity index is 1.56. The highest BCUT2D eigenvalue weighted by Crippen LogP contribution is 2.30. The predicted octanol–water partition coefficient (Wildman–Crippen LogP) is 5.32. The predicted molar refractivity (Wildman–Crippen MR) is 89.1 cm³/mol. The maximum Gasteiger partial charge on any atom is 0.389 e. The second-order valence-electron chi connectivity index (χ2n) is 6.26. The lowest BCUT2D eigenvalue weighted by Gasteiger charge is -2.19. The van der Waals surface area contributed by atoms with Gasteiger partial charge in [0.2, 0.25) is 0 Å². The lowest BCUT2D eigenvalue weighted by Crippen LogP contribution is -2.15. The van der Waals surface area contributed by atoms with E-state index in [1.165, 1.54) is 0 Å². The monoisotopic (exact) mass is 348 g/mol. The summed E-state index contributed by atoms with van der Waals surface area (Å²) in [6.07, 6.45) is -2.97. The molecule has 132 valence electrons. The number of ether oxygens (including phenoxy) is 1. The van der Waals surface area contributed by atoms with Gasteiger partial charge in [-0.05, 0) is 48.9 Å². The molecule has 0 unspecified atom stereocenters. The minimum absolute atomic E-state index is 0.00697. The molecule has 3 rings (SSSR count). The second kappa shape index (κ2) is 7.30. The summed E-state index contributed by atoms with van der Waals surface area (Å²) in [6.45, 7) is 0.349. The Morgan fingerprint density at radius 2 is 1.68 bits per heavy atom. The van der Waals surface area contributed by atoms with Crippen LogP contribution in [0.3, 0.4) is 0 Å². The molecular formula is C20H19F3O2. The molecule has 5 heteroatoms. The average molecular weight is 348 g/mol. The van der Waals surface area contributed by atoms with E-state index in [0.717, 1.165) is 23.1 Å². The molecular weight excluding hydrogens is 329 g/mol. The van der Waals surface area contributed by atoms with Gasteiger partial charge in [0, 0.05) is 17.5 Å². The summed E-state index contributed by atoms with van der Waals surface area (Å²) in [7, 11) is 0. The van der Waals surface area contributed by atoms with Crippen molar-refractivity contribution in [2.75, 3.05) is 6.61 Å². The van der Waals surface area contributed by atoms with Crippen molar-refractivity contribution in [3.63, 3.8) is 0 Å². The molecule has 25 heavy (non-hydrogen) atoms. The molecule has 2 nitrogen and oxygen atoms in total. The van der Waals surface area contributed by atoms with Gasteiger partial charge in [0.1, 0.15) is 5.75 Å². The van der Waals surface area contributed by atoms with E-state index in [1.807, 2.05) is 36.4 Å². The van der Waals surface area contributed by atoms with E-state index >= 15 is 0 Å². The number of alkyl halides is 3. The molecule has 0 saturated carbocycles. The van der Waals surface area contributed by atoms with Crippen LogP contribution in [-0.4, -0.2) is 18.6 Å². The molecule has 1 aliphatic carbocycles. The first-order chi connectivity index (χ1) is 11.9. The molecule has 0 atom stereocenters. The molecule has 0 heterocycles. The van der Waals surface area contributed by atoms with E-state index in [9.17, 15) is 18.0 Å². The zero-order chi connectivity index (χ0) is 17.9. The van der Waals surface area contributed by atoms with Crippen LogP contribution in [0.4, 0.5) is 13.2 Å². The number of benzene rings is 2. The fourth-order valence-electron chi connectivity index (χ4n) is 3.05. The maximum absolute atomic E-state index is 12.6. The molecule has 2 aromatic carbocycles. The number of hydrogen-bond acceptors (Lipinski definition) is 2. The Hall–Kier alpha value is -2.30. The van der Waals surface area contributed by atoms with Crippen molar-refractivity contribution in [1.82, 2.24) is 0 Å². The first-order valence-corrected chi connectivity index (χ1v) is 8.39. The number of unbranched alkanes of at least 4 members (excludes halogenated alkanes) is 2. The van der Waals surface area contributed by atoms with Gasteiger partial charge in [0.15, 0.2) is 5.78 Å². The fraction of sp³-hybridized carbons (Fsp3) is 0.350. The van der Waals surface area contributed by atoms with Gasteiger partial charge in [-0.1, -0.05) is 30.3 Å². The number of ketones is 1. The van der Waals surface area contributed by atoms with Crippen molar-refractivity contribution < 1.29 is 22.7 Å². The van der Waals surface area contributed by atoms with Gasteiger partial charge in [-0.25, -0.2) is 0 Å². The number of rotatable bonds is 6. The highest BCUT2D eigenvalue weighted by atomic mass is 19.4. The summed E-state index contributed by atoms with van der Waals surface area (Å²) >= 11 is 0. The third-order valence-corrected chi connectivity index (χ3v) is 4.34. The second-order valence-corrected chi connectivity index (χ2v) is 6.26. The van der Waals surface area contributed by atoms with Gasteiger partial charge in [-0.3, -0.25) is 4.79 Å². The Bertz CT molecular complexity index is 766. The molecule has 0 fully saturated rings. The van der Waals surface area contributed by atoms with Gasteiger partial charge < -0.3 is 4.74 Å². The van der Waals surface area contributed by atoms with Gasteiger partial charge in [0.25, 0.3) is 0 Å². The number of carbonyl (C=O) groups excluding carboxylic acids is 1. The van der Waals surface area contributed by atoms with Gasteiger partial charge in [-0.15, -0.1) is 0 Å². The normalized spacial score (nSPS) is 13.3. The molecule has 0 saturated heterocycles. The number of fused-ring (bicyclic) bond motifs is 2. The van der Waals surface area contributed by atoms with Gasteiger partial charge >= 0.3 is 6.18 Å². The van der Waals surface area contributed by atoms with Crippen LogP contribution in [0.1, 0.15) is 52.7 Å². The lowest BCUT2D eigenvalue weighted by molar-refractivity contribution is -0.135. The van der Waals surface area contributed by atoms with E-state index in [4.69, 9.17) is 4.74 Å². The molecule has 0 amide bonds. The fourth-order valence-corrected chi connectivity index (χ4v) is 3.05. The summed E-state index contributed by atoms with van der Waals surface area (Å²) in [5, 5.41) is 0. The van der Waals surface area contributed by atoms with Crippen LogP contribution >= 0.6 is 0 Å². The number of carbonyl (C=O) groups is 1. The zero-order valence-electron chi connectivity index (χ0n) is 13.7. The highest BCUT2D eigenvalue weighted by Gasteiger charge is 2.26. The summed E-state index contributed by atoms with van der Waals surface area (Å²) in [5.74, 6) is 0.578. The average Bonchev–Trinajstić information content (AvgIpc) is 2.58. The summed E-state index contributed by atoms with van der Waals surface area (Å²) < 4.78 is 41.8. The molecule has 1 aliphatic rings. The van der Waals surface area contributed by atoms with Crippen LogP contribution < -0.4 is 4.74 Å². The minimum atomic E-state index is -4.09. The first kappa shape index (κ1) is 17.5. The quantitative estimate of drug-likeness (QED) is 0.563. The van der Waals surface area contributed by atoms with E-state index in [2.05, 4.69) is 0 Å². The topological polar surface area (TPSA) is 26.3 Å². The molecule has 0 N–H and O–H groups in total. The third kappa shape index (κ3) is 4.41. The largest absolute Gasteiger partial charge is 0.494 e. The Morgan fingerprint density at radius 1 is 0.920 bits per heavy atom. The third-order valence-electron chi connectivity index (χ3n) is 4.34. The smallest absolute Gasteiger partial charge is 0.389 e. The summed E-state index contributed by atoms with van der Waals surface area (Å²) in [4.78, 5) is 12.6. The Kier molecular flexibility index (Phi) is 5.11. The summed E-state index contributed by atoms with van der Waals surface area (Å²) in [6, 6.07) is 13.0. The van der Waals surface area contributed by atoms with Crippen LogP contribution in [0.2, 0.25) is 0 Å². The van der Waals surface area contributed by atoms with E-state index in [1.54, 1.807) is 6.07 Å². The first-order valence-electron chi connectivity index (χ1n) is 8.39. The lowest BCUT2D eigenvalue weighted by atomic mass is 9.85. The van der Waals surface area contributed by atoms with E-state index in [0.29, 0.717) is 30.8 Å². The SMILES string of the molecule is O=C1c2ccccc2Cc2ccc(OCCCCCC(F)(F)F)cc21. The van der Waals surface area contributed by atoms with Crippen LogP contribution in [-0.2, 0) is 6.42 Å². The molecule has 0 radical (unpaired) electrons. The van der Waals surface area contributed by atoms with Crippen LogP contribution in [0.15, 0.2) is 42.5 Å². The highest BCUT2D eigenvalue weighted by molar-refractivity contribution is 6.12. The van der Waals surface area contributed by atoms with Crippen molar-refractivity contribution in [3.8, 4) is 5.75 Å². The van der Waals surface area contributed by atoms with E-state index < -0.39 is 12.6 Å². The minimum Gasteiger partial charge on any atom is -0.494 e. The Labute approximate surface area is 144 Å². The molecule has 0 aromatic heterocycles. The van der Waals surface area contributed by atoms with Crippen molar-refractivity contribution >= 4 is 5.78 Å². The van der Waals surface area contributed by atoms with Crippen molar-refractivity contribution in [1.29, 1.82) is 0 Å². The number of hydrogen-bond donors (Lipinski definition) is 0. The Morgan fingerprint density at radius 3 is 2.48 bits per heavy atom. The van der Waals surface area contributed by atoms with Crippen molar-refractivity contribution in [2.24, 2.45) is 0 Å². The maximum atomic E-state index is 12.6. The molecule has 0 spiro atoms. The summed E-state index contributed by atoms with van der Waals surface area (Å²) in [5.41, 5.74) is 3.37. The van der Waals surface area contributed by atoms with Crippen LogP contribution in [0.25, 0.3) is 0 Å². The standard InChI is InChI=1S/C20H19F3O2/c21-20(22,23)10-4-1-5-11-25-16-9-8-15-12-14-6-2-3-7-17(14)19(24)18(15)13-16/h2-3,6-9,13H,1,4-5,10-12H2. The van der Waals surface area contributed by atoms with Gasteiger partial charge in [0.05, 0.1) is 6.61 Å². The van der Waals surface area contributed by atoms with E-state index in [-0.39, 0.29) is 12.2 Å². The zero-order valence-corrected chi connectivity index (χ0v) is 13.7.